The lowest BCUT2D eigenvalue weighted by molar-refractivity contribution is -0.126. The normalized spacial score (nSPS) is 22.5. The summed E-state index contributed by atoms with van der Waals surface area (Å²) in [7, 11) is -0.274. The van der Waals surface area contributed by atoms with E-state index in [2.05, 4.69) is 36.3 Å². The molecule has 4 unspecified atom stereocenters. The highest BCUT2D eigenvalue weighted by atomic mass is 31.1. The molecule has 26 heavy (non-hydrogen) atoms. The lowest BCUT2D eigenvalue weighted by atomic mass is 9.87. The molecule has 0 bridgehead atoms. The number of carbonyl (C=O) groups is 1. The number of nitrogens with zero attached hydrogens (tertiary/aromatic N) is 1. The highest BCUT2D eigenvalue weighted by Crippen LogP contribution is 2.33. The van der Waals surface area contributed by atoms with E-state index < -0.39 is 0 Å². The summed E-state index contributed by atoms with van der Waals surface area (Å²) in [6.07, 6.45) is 10.7. The van der Waals surface area contributed by atoms with Crippen LogP contribution in [0.5, 0.6) is 0 Å². The SMILES string of the molecule is C=CC=C(C=C)C1CN(C[P+](=C)C)CC1C(=O)NC(C)c1ccccc1. The minimum atomic E-state index is -0.274. The highest BCUT2D eigenvalue weighted by Gasteiger charge is 2.40. The van der Waals surface area contributed by atoms with Gasteiger partial charge in [-0.05, 0) is 18.1 Å². The second-order valence-corrected chi connectivity index (χ2v) is 8.99. The molecule has 0 saturated carbocycles. The van der Waals surface area contributed by atoms with E-state index >= 15 is 0 Å². The number of rotatable bonds is 8. The van der Waals surface area contributed by atoms with Gasteiger partial charge in [0.15, 0.2) is 6.29 Å². The van der Waals surface area contributed by atoms with Gasteiger partial charge in [-0.1, -0.05) is 61.7 Å². The first-order valence-electron chi connectivity index (χ1n) is 9.00. The van der Waals surface area contributed by atoms with Gasteiger partial charge in [-0.25, -0.2) is 0 Å². The van der Waals surface area contributed by atoms with Crippen molar-refractivity contribution in [1.82, 2.24) is 10.2 Å². The molecule has 1 heterocycles. The van der Waals surface area contributed by atoms with Gasteiger partial charge >= 0.3 is 0 Å². The van der Waals surface area contributed by atoms with E-state index in [1.165, 1.54) is 0 Å². The van der Waals surface area contributed by atoms with Crippen LogP contribution >= 0.6 is 7.55 Å². The van der Waals surface area contributed by atoms with Crippen molar-refractivity contribution in [3.8, 4) is 0 Å². The molecule has 4 atom stereocenters. The largest absolute Gasteiger partial charge is 0.349 e. The number of carbonyl (C=O) groups excluding carboxylic acids is 1. The summed E-state index contributed by atoms with van der Waals surface area (Å²) in [6, 6.07) is 10.1. The summed E-state index contributed by atoms with van der Waals surface area (Å²) in [5.74, 6) is 0.166. The van der Waals surface area contributed by atoms with E-state index in [1.54, 1.807) is 6.08 Å². The molecular weight excluding hydrogens is 339 g/mol. The van der Waals surface area contributed by atoms with E-state index in [0.29, 0.717) is 0 Å². The second-order valence-electron chi connectivity index (χ2n) is 6.99. The third-order valence-electron chi connectivity index (χ3n) is 4.81. The number of nitrogens with one attached hydrogen (secondary N) is 1. The summed E-state index contributed by atoms with van der Waals surface area (Å²) in [5, 5.41) is 3.20. The molecule has 1 fully saturated rings. The van der Waals surface area contributed by atoms with Crippen LogP contribution in [-0.4, -0.2) is 43.1 Å². The monoisotopic (exact) mass is 369 g/mol. The van der Waals surface area contributed by atoms with Crippen molar-refractivity contribution in [2.24, 2.45) is 11.8 Å². The number of likely N-dealkylation sites (tertiary alicyclic amines) is 1. The molecule has 1 aromatic rings. The van der Waals surface area contributed by atoms with Crippen molar-refractivity contribution in [2.45, 2.75) is 13.0 Å². The number of hydrogen-bond acceptors (Lipinski definition) is 2. The standard InChI is InChI=1S/C22H29N2OP/c1-6-11-18(7-2)20-14-24(16-26(4)5)15-21(20)22(25)23-17(3)19-12-9-8-10-13-19/h6-13,17,20-21H,1-2,4,14-16H2,3,5H3/p+1. The Morgan fingerprint density at radius 1 is 1.31 bits per heavy atom. The first-order chi connectivity index (χ1) is 12.5. The van der Waals surface area contributed by atoms with Crippen LogP contribution in [-0.2, 0) is 4.79 Å². The number of hydrogen-bond donors (Lipinski definition) is 1. The van der Waals surface area contributed by atoms with E-state index in [-0.39, 0.29) is 31.3 Å². The Hall–Kier alpha value is -1.96. The lowest BCUT2D eigenvalue weighted by Gasteiger charge is -2.22. The topological polar surface area (TPSA) is 32.3 Å². The van der Waals surface area contributed by atoms with Crippen molar-refractivity contribution in [3.05, 3.63) is 72.9 Å². The van der Waals surface area contributed by atoms with Gasteiger partial charge in [-0.2, -0.15) is 0 Å². The predicted octanol–water partition coefficient (Wildman–Crippen LogP) is 4.21. The van der Waals surface area contributed by atoms with Crippen molar-refractivity contribution in [2.75, 3.05) is 26.0 Å². The molecule has 0 aliphatic carbocycles. The molecule has 138 valence electrons. The van der Waals surface area contributed by atoms with Crippen LogP contribution in [0.4, 0.5) is 0 Å². The van der Waals surface area contributed by atoms with E-state index in [4.69, 9.17) is 0 Å². The maximum absolute atomic E-state index is 13.1. The Kier molecular flexibility index (Phi) is 7.56. The summed E-state index contributed by atoms with van der Waals surface area (Å²) < 4.78 is 0. The Morgan fingerprint density at radius 2 is 1.96 bits per heavy atom. The molecule has 1 aliphatic heterocycles. The third-order valence-corrected chi connectivity index (χ3v) is 5.69. The zero-order valence-electron chi connectivity index (χ0n) is 15.9. The summed E-state index contributed by atoms with van der Waals surface area (Å²) in [4.78, 5) is 15.4. The van der Waals surface area contributed by atoms with Crippen LogP contribution in [0, 0.1) is 11.8 Å². The maximum Gasteiger partial charge on any atom is 0.225 e. The summed E-state index contributed by atoms with van der Waals surface area (Å²) in [5.41, 5.74) is 2.20. The zero-order valence-corrected chi connectivity index (χ0v) is 16.8. The van der Waals surface area contributed by atoms with Crippen LogP contribution in [0.15, 0.2) is 67.3 Å². The van der Waals surface area contributed by atoms with Crippen LogP contribution in [0.3, 0.4) is 0 Å². The van der Waals surface area contributed by atoms with Gasteiger partial charge < -0.3 is 5.32 Å². The van der Waals surface area contributed by atoms with E-state index in [0.717, 1.165) is 30.5 Å². The van der Waals surface area contributed by atoms with E-state index in [9.17, 15) is 4.79 Å². The molecule has 0 radical (unpaired) electrons. The number of benzene rings is 1. The van der Waals surface area contributed by atoms with Gasteiger partial charge in [0.2, 0.25) is 5.91 Å². The molecule has 1 saturated heterocycles. The van der Waals surface area contributed by atoms with Gasteiger partial charge in [0, 0.05) is 19.0 Å². The quantitative estimate of drug-likeness (QED) is 0.550. The first-order valence-corrected chi connectivity index (χ1v) is 11.2. The van der Waals surface area contributed by atoms with Crippen molar-refractivity contribution in [1.29, 1.82) is 0 Å². The van der Waals surface area contributed by atoms with Crippen molar-refractivity contribution >= 4 is 19.8 Å². The Morgan fingerprint density at radius 3 is 2.54 bits per heavy atom. The number of amides is 1. The molecule has 3 nitrogen and oxygen atoms in total. The van der Waals surface area contributed by atoms with Crippen LogP contribution in [0.25, 0.3) is 0 Å². The average Bonchev–Trinajstić information content (AvgIpc) is 3.03. The van der Waals surface area contributed by atoms with Crippen LogP contribution < -0.4 is 5.32 Å². The number of allylic oxidation sites excluding steroid dienone is 3. The third kappa shape index (κ3) is 5.27. The molecule has 2 rings (SSSR count). The molecule has 0 spiro atoms. The molecular formula is C22H30N2OP+. The molecule has 1 aliphatic rings. The predicted molar refractivity (Wildman–Crippen MR) is 115 cm³/mol. The fourth-order valence-corrected chi connectivity index (χ4v) is 4.48. The van der Waals surface area contributed by atoms with Gasteiger partial charge in [-0.15, -0.1) is 0 Å². The molecule has 1 amide bonds. The Balaban J connectivity index is 2.17. The minimum Gasteiger partial charge on any atom is -0.349 e. The first kappa shape index (κ1) is 20.4. The van der Waals surface area contributed by atoms with E-state index in [1.807, 2.05) is 49.4 Å². The fourth-order valence-electron chi connectivity index (χ4n) is 3.57. The van der Waals surface area contributed by atoms with Gasteiger partial charge in [0.1, 0.15) is 0 Å². The minimum absolute atomic E-state index is 0.00916. The van der Waals surface area contributed by atoms with Crippen LogP contribution in [0.1, 0.15) is 18.5 Å². The fraction of sp³-hybridized carbons (Fsp3) is 0.364. The average molecular weight is 369 g/mol. The lowest BCUT2D eigenvalue weighted by Crippen LogP contribution is -2.37. The maximum atomic E-state index is 13.1. The van der Waals surface area contributed by atoms with Gasteiger partial charge in [0.25, 0.3) is 0 Å². The Labute approximate surface area is 158 Å². The summed E-state index contributed by atoms with van der Waals surface area (Å²) in [6.45, 7) is 13.6. The smallest absolute Gasteiger partial charge is 0.225 e. The summed E-state index contributed by atoms with van der Waals surface area (Å²) >= 11 is 0. The Bertz CT molecular complexity index is 695. The zero-order chi connectivity index (χ0) is 19.1. The molecule has 4 heteroatoms. The molecule has 1 aromatic carbocycles. The van der Waals surface area contributed by atoms with Gasteiger partial charge in [-0.3, -0.25) is 9.69 Å². The molecule has 1 N–H and O–H groups in total. The van der Waals surface area contributed by atoms with Gasteiger partial charge in [0.05, 0.1) is 32.5 Å². The molecule has 0 aromatic heterocycles. The highest BCUT2D eigenvalue weighted by molar-refractivity contribution is 7.54. The second kappa shape index (κ2) is 9.66. The van der Waals surface area contributed by atoms with Crippen LogP contribution in [0.2, 0.25) is 0 Å². The van der Waals surface area contributed by atoms with Crippen molar-refractivity contribution in [3.63, 3.8) is 0 Å². The van der Waals surface area contributed by atoms with Crippen molar-refractivity contribution < 1.29 is 4.79 Å².